The zero-order valence-electron chi connectivity index (χ0n) is 34.2. The average Bonchev–Trinajstić information content (AvgIpc) is 4.07. The summed E-state index contributed by atoms with van der Waals surface area (Å²) in [5.41, 5.74) is 5.74. The van der Waals surface area contributed by atoms with Crippen molar-refractivity contribution in [3.63, 3.8) is 0 Å². The number of ketones is 2. The van der Waals surface area contributed by atoms with Gasteiger partial charge in [-0.1, -0.05) is 24.3 Å². The highest BCUT2D eigenvalue weighted by molar-refractivity contribution is 5.87. The number of aryl methyl sites for hydroxylation is 3. The van der Waals surface area contributed by atoms with Crippen molar-refractivity contribution in [1.29, 1.82) is 0 Å². The molecular formula is C44H49FN10O4. The molecule has 59 heavy (non-hydrogen) atoms. The molecule has 6 heterocycles. The van der Waals surface area contributed by atoms with Crippen LogP contribution in [0.4, 0.5) is 4.39 Å². The van der Waals surface area contributed by atoms with Crippen molar-refractivity contribution in [3.05, 3.63) is 85.1 Å². The first-order valence-electron chi connectivity index (χ1n) is 20.2. The Balaban J connectivity index is 0.000000167. The molecule has 0 N–H and O–H groups in total. The molecule has 14 nitrogen and oxygen atoms in total. The Bertz CT molecular complexity index is 2620. The second-order valence-electron chi connectivity index (χ2n) is 15.9. The van der Waals surface area contributed by atoms with Crippen LogP contribution in [0.5, 0.6) is 11.8 Å². The minimum absolute atomic E-state index is 0.0756. The van der Waals surface area contributed by atoms with Gasteiger partial charge in [0, 0.05) is 94.7 Å². The molecule has 7 aromatic rings. The fraction of sp³-hybridized carbons (Fsp3) is 0.409. The predicted molar refractivity (Wildman–Crippen MR) is 220 cm³/mol. The molecule has 9 rings (SSSR count). The number of carbonyl (C=O) groups is 2. The largest absolute Gasteiger partial charge is 0.474 e. The third-order valence-corrected chi connectivity index (χ3v) is 11.5. The predicted octanol–water partition coefficient (Wildman–Crippen LogP) is 7.78. The number of pyridine rings is 2. The van der Waals surface area contributed by atoms with Crippen LogP contribution in [0.25, 0.3) is 44.5 Å². The molecule has 15 heteroatoms. The van der Waals surface area contributed by atoms with Gasteiger partial charge in [0.05, 0.1) is 39.5 Å². The maximum Gasteiger partial charge on any atom is 0.225 e. The van der Waals surface area contributed by atoms with Crippen molar-refractivity contribution >= 4 is 33.4 Å². The molecule has 0 radical (unpaired) electrons. The molecule has 1 unspecified atom stereocenters. The minimum Gasteiger partial charge on any atom is -0.474 e. The molecule has 0 bridgehead atoms. The van der Waals surface area contributed by atoms with E-state index in [0.717, 1.165) is 58.3 Å². The van der Waals surface area contributed by atoms with E-state index in [4.69, 9.17) is 14.5 Å². The number of alkyl halides is 1. The Labute approximate surface area is 341 Å². The summed E-state index contributed by atoms with van der Waals surface area (Å²) in [4.78, 5) is 41.3. The standard InChI is InChI=1S/C25H27N5O2.C19H22FN5O2/c1-16(20-8-9-21(31)12-20)32-25-22-15-29(3)28-24(22)13-23(27-25)19-6-4-18(5-7-19)14-30-11-10-26-17(30)2;1-11(13-4-5-14(26)6-13)27-19-15-8-24(3)23-16(15)7-17(22-19)18-9-25(10-21-18)12(2)20/h4-7,10-11,13,15-16,20H,8-9,12,14H2,1-3H3;7-13H,4-6H2,1-3H3/t16-,20+;11-,12?,13+/m11/s1. The van der Waals surface area contributed by atoms with Crippen molar-refractivity contribution in [2.24, 2.45) is 25.9 Å². The smallest absolute Gasteiger partial charge is 0.225 e. The second kappa shape index (κ2) is 16.5. The van der Waals surface area contributed by atoms with Crippen molar-refractivity contribution in [3.8, 4) is 34.4 Å². The van der Waals surface area contributed by atoms with Crippen LogP contribution in [0.1, 0.15) is 77.0 Å². The molecule has 0 spiro atoms. The van der Waals surface area contributed by atoms with E-state index in [9.17, 15) is 14.0 Å². The Hall–Kier alpha value is -6.25. The molecule has 6 aromatic heterocycles. The number of Topliss-reactive ketones (excluding diaryl/α,β-unsaturated/α-hetero) is 2. The molecule has 2 saturated carbocycles. The number of carbonyl (C=O) groups excluding carboxylic acids is 2. The van der Waals surface area contributed by atoms with E-state index in [0.29, 0.717) is 54.6 Å². The molecule has 1 aromatic carbocycles. The fourth-order valence-corrected chi connectivity index (χ4v) is 7.92. The van der Waals surface area contributed by atoms with Crippen LogP contribution in [0.2, 0.25) is 0 Å². The van der Waals surface area contributed by atoms with E-state index in [1.807, 2.05) is 71.8 Å². The number of nitrogens with zero attached hydrogens (tertiary/aromatic N) is 10. The average molecular weight is 801 g/mol. The lowest BCUT2D eigenvalue weighted by atomic mass is 10.0. The van der Waals surface area contributed by atoms with Crippen LogP contribution in [0.3, 0.4) is 0 Å². The third kappa shape index (κ3) is 8.78. The highest BCUT2D eigenvalue weighted by Gasteiger charge is 2.30. The van der Waals surface area contributed by atoms with E-state index in [1.54, 1.807) is 15.6 Å². The number of halogens is 1. The zero-order valence-corrected chi connectivity index (χ0v) is 34.2. The number of hydrogen-bond donors (Lipinski definition) is 0. The molecule has 5 atom stereocenters. The van der Waals surface area contributed by atoms with Crippen LogP contribution < -0.4 is 9.47 Å². The summed E-state index contributed by atoms with van der Waals surface area (Å²) in [6.45, 7) is 8.24. The van der Waals surface area contributed by atoms with Gasteiger partial charge in [-0.25, -0.2) is 24.3 Å². The Morgan fingerprint density at radius 2 is 1.32 bits per heavy atom. The van der Waals surface area contributed by atoms with Crippen molar-refractivity contribution in [1.82, 2.24) is 48.6 Å². The number of ether oxygens (including phenoxy) is 2. The first-order chi connectivity index (χ1) is 28.4. The molecule has 2 aliphatic carbocycles. The zero-order chi connectivity index (χ0) is 41.4. The summed E-state index contributed by atoms with van der Waals surface area (Å²) in [6, 6.07) is 12.2. The van der Waals surface area contributed by atoms with E-state index in [2.05, 4.69) is 54.0 Å². The molecule has 306 valence electrons. The number of imidazole rings is 2. The molecule has 0 amide bonds. The monoisotopic (exact) mass is 800 g/mol. The van der Waals surface area contributed by atoms with Crippen LogP contribution in [-0.2, 0) is 30.2 Å². The second-order valence-corrected chi connectivity index (χ2v) is 15.9. The summed E-state index contributed by atoms with van der Waals surface area (Å²) in [7, 11) is 3.73. The summed E-state index contributed by atoms with van der Waals surface area (Å²) >= 11 is 0. The van der Waals surface area contributed by atoms with Crippen LogP contribution in [-0.4, -0.2) is 72.4 Å². The highest BCUT2D eigenvalue weighted by atomic mass is 19.1. The van der Waals surface area contributed by atoms with Crippen LogP contribution in [0, 0.1) is 18.8 Å². The Kier molecular flexibility index (Phi) is 11.1. The van der Waals surface area contributed by atoms with E-state index in [-0.39, 0.29) is 29.8 Å². The maximum atomic E-state index is 13.5. The van der Waals surface area contributed by atoms with Gasteiger partial charge in [0.1, 0.15) is 35.3 Å². The summed E-state index contributed by atoms with van der Waals surface area (Å²) < 4.78 is 33.0. The van der Waals surface area contributed by atoms with Gasteiger partial charge in [-0.2, -0.15) is 10.2 Å². The SMILES string of the molecule is CC(F)n1cnc(-c2cc3nn(C)cc3c(O[C@H](C)[C@H]3CCC(=O)C3)n2)c1.Cc1nccn1Cc1ccc(-c2cc3nn(C)cc3c(O[C@H](C)[C@H]3CCC(=O)C3)n2)cc1. The molecule has 0 aliphatic heterocycles. The lowest BCUT2D eigenvalue weighted by Crippen LogP contribution is -2.22. The topological polar surface area (TPSA) is 150 Å². The van der Waals surface area contributed by atoms with E-state index < -0.39 is 6.30 Å². The number of hydrogen-bond acceptors (Lipinski definition) is 10. The maximum absolute atomic E-state index is 13.5. The molecule has 0 saturated heterocycles. The summed E-state index contributed by atoms with van der Waals surface area (Å²) in [5, 5.41) is 10.7. The Morgan fingerprint density at radius 3 is 1.81 bits per heavy atom. The van der Waals surface area contributed by atoms with Gasteiger partial charge in [0.2, 0.25) is 11.8 Å². The minimum atomic E-state index is -1.17. The Morgan fingerprint density at radius 1 is 0.763 bits per heavy atom. The van der Waals surface area contributed by atoms with E-state index in [1.165, 1.54) is 23.4 Å². The highest BCUT2D eigenvalue weighted by Crippen LogP contribution is 2.34. The summed E-state index contributed by atoms with van der Waals surface area (Å²) in [5.74, 6) is 3.09. The van der Waals surface area contributed by atoms with Gasteiger partial charge in [0.15, 0.2) is 6.30 Å². The van der Waals surface area contributed by atoms with Crippen LogP contribution in [0.15, 0.2) is 73.7 Å². The van der Waals surface area contributed by atoms with Gasteiger partial charge in [-0.05, 0) is 58.2 Å². The van der Waals surface area contributed by atoms with E-state index >= 15 is 0 Å². The van der Waals surface area contributed by atoms with Gasteiger partial charge >= 0.3 is 0 Å². The normalized spacial score (nSPS) is 18.3. The lowest BCUT2D eigenvalue weighted by Gasteiger charge is -2.20. The van der Waals surface area contributed by atoms with Gasteiger partial charge in [0.25, 0.3) is 0 Å². The van der Waals surface area contributed by atoms with Gasteiger partial charge in [-0.3, -0.25) is 19.0 Å². The van der Waals surface area contributed by atoms with Gasteiger partial charge < -0.3 is 18.6 Å². The quantitative estimate of drug-likeness (QED) is 0.127. The number of fused-ring (bicyclic) bond motifs is 2. The molecule has 2 fully saturated rings. The van der Waals surface area contributed by atoms with Crippen molar-refractivity contribution < 1.29 is 23.5 Å². The number of aromatic nitrogens is 10. The molecular weight excluding hydrogens is 752 g/mol. The fourth-order valence-electron chi connectivity index (χ4n) is 7.92. The van der Waals surface area contributed by atoms with Gasteiger partial charge in [-0.15, -0.1) is 0 Å². The lowest BCUT2D eigenvalue weighted by molar-refractivity contribution is -0.118. The number of rotatable bonds is 11. The first kappa shape index (κ1) is 39.6. The molecule has 2 aliphatic rings. The third-order valence-electron chi connectivity index (χ3n) is 11.5. The van der Waals surface area contributed by atoms with Crippen molar-refractivity contribution in [2.45, 2.75) is 91.3 Å². The van der Waals surface area contributed by atoms with Crippen molar-refractivity contribution in [2.75, 3.05) is 0 Å². The number of benzene rings is 1. The van der Waals surface area contributed by atoms with Crippen LogP contribution >= 0.6 is 0 Å². The first-order valence-corrected chi connectivity index (χ1v) is 20.2. The summed E-state index contributed by atoms with van der Waals surface area (Å²) in [6.07, 6.45) is 13.4.